The Bertz CT molecular complexity index is 365. The van der Waals surface area contributed by atoms with Crippen LogP contribution in [0.4, 0.5) is 0 Å². The van der Waals surface area contributed by atoms with Crippen molar-refractivity contribution in [2.24, 2.45) is 11.7 Å². The van der Waals surface area contributed by atoms with Gasteiger partial charge >= 0.3 is 0 Å². The molecular formula is C13H18N2O. The maximum Gasteiger partial charge on any atom is 0.0991 e. The van der Waals surface area contributed by atoms with E-state index in [1.54, 1.807) is 24.3 Å². The second-order valence-electron chi connectivity index (χ2n) is 4.47. The van der Waals surface area contributed by atoms with Gasteiger partial charge in [0.25, 0.3) is 0 Å². The SMILES string of the molecule is CC(C)CC(N)C(O)c1ccc(C#N)cc1. The van der Waals surface area contributed by atoms with Gasteiger partial charge in [-0.25, -0.2) is 0 Å². The van der Waals surface area contributed by atoms with Crippen molar-refractivity contribution >= 4 is 0 Å². The lowest BCUT2D eigenvalue weighted by Crippen LogP contribution is -2.29. The van der Waals surface area contributed by atoms with Gasteiger partial charge in [-0.1, -0.05) is 26.0 Å². The molecule has 0 saturated heterocycles. The molecule has 0 amide bonds. The second-order valence-corrected chi connectivity index (χ2v) is 4.47. The molecule has 0 spiro atoms. The number of aliphatic hydroxyl groups is 1. The molecule has 2 unspecified atom stereocenters. The molecule has 86 valence electrons. The first kappa shape index (κ1) is 12.7. The van der Waals surface area contributed by atoms with Crippen molar-refractivity contribution in [3.8, 4) is 6.07 Å². The van der Waals surface area contributed by atoms with Crippen molar-refractivity contribution in [2.75, 3.05) is 0 Å². The Morgan fingerprint density at radius 3 is 2.31 bits per heavy atom. The minimum absolute atomic E-state index is 0.257. The number of nitriles is 1. The van der Waals surface area contributed by atoms with Crippen LogP contribution in [0.3, 0.4) is 0 Å². The number of hydrogen-bond donors (Lipinski definition) is 2. The lowest BCUT2D eigenvalue weighted by atomic mass is 9.95. The van der Waals surface area contributed by atoms with E-state index in [0.717, 1.165) is 12.0 Å². The van der Waals surface area contributed by atoms with Crippen LogP contribution in [0.15, 0.2) is 24.3 Å². The van der Waals surface area contributed by atoms with Crippen molar-refractivity contribution in [1.82, 2.24) is 0 Å². The van der Waals surface area contributed by atoms with Crippen molar-refractivity contribution in [1.29, 1.82) is 5.26 Å². The third-order valence-electron chi connectivity index (χ3n) is 2.53. The molecule has 3 N–H and O–H groups in total. The number of benzene rings is 1. The summed E-state index contributed by atoms with van der Waals surface area (Å²) in [4.78, 5) is 0. The first-order valence-electron chi connectivity index (χ1n) is 5.48. The highest BCUT2D eigenvalue weighted by atomic mass is 16.3. The maximum atomic E-state index is 9.99. The Morgan fingerprint density at radius 2 is 1.88 bits per heavy atom. The maximum absolute atomic E-state index is 9.99. The molecule has 1 aromatic rings. The standard InChI is InChI=1S/C13H18N2O/c1-9(2)7-12(15)13(16)11-5-3-10(8-14)4-6-11/h3-6,9,12-13,16H,7,15H2,1-2H3. The van der Waals surface area contributed by atoms with E-state index in [-0.39, 0.29) is 6.04 Å². The number of nitrogens with zero attached hydrogens (tertiary/aromatic N) is 1. The second kappa shape index (κ2) is 5.64. The Hall–Kier alpha value is -1.37. The lowest BCUT2D eigenvalue weighted by Gasteiger charge is -2.20. The summed E-state index contributed by atoms with van der Waals surface area (Å²) in [5.74, 6) is 0.461. The molecule has 0 saturated carbocycles. The van der Waals surface area contributed by atoms with Gasteiger partial charge in [0.15, 0.2) is 0 Å². The van der Waals surface area contributed by atoms with Gasteiger partial charge in [0.1, 0.15) is 0 Å². The Balaban J connectivity index is 2.72. The summed E-state index contributed by atoms with van der Waals surface area (Å²) in [6.07, 6.45) is 0.122. The van der Waals surface area contributed by atoms with Crippen molar-refractivity contribution < 1.29 is 5.11 Å². The molecule has 1 aromatic carbocycles. The van der Waals surface area contributed by atoms with Crippen LogP contribution < -0.4 is 5.73 Å². The zero-order valence-corrected chi connectivity index (χ0v) is 9.72. The van der Waals surface area contributed by atoms with E-state index >= 15 is 0 Å². The van der Waals surface area contributed by atoms with Crippen LogP contribution in [0.1, 0.15) is 37.5 Å². The first-order valence-corrected chi connectivity index (χ1v) is 5.48. The fourth-order valence-electron chi connectivity index (χ4n) is 1.68. The third kappa shape index (κ3) is 3.34. The molecule has 0 aliphatic carbocycles. The third-order valence-corrected chi connectivity index (χ3v) is 2.53. The Morgan fingerprint density at radius 1 is 1.31 bits per heavy atom. The topological polar surface area (TPSA) is 70.0 Å². The summed E-state index contributed by atoms with van der Waals surface area (Å²) >= 11 is 0. The molecule has 0 bridgehead atoms. The first-order chi connectivity index (χ1) is 7.54. The fraction of sp³-hybridized carbons (Fsp3) is 0.462. The molecule has 3 nitrogen and oxygen atoms in total. The minimum Gasteiger partial charge on any atom is -0.387 e. The summed E-state index contributed by atoms with van der Waals surface area (Å²) < 4.78 is 0. The monoisotopic (exact) mass is 218 g/mol. The average molecular weight is 218 g/mol. The van der Waals surface area contributed by atoms with Crippen LogP contribution in [0.2, 0.25) is 0 Å². The van der Waals surface area contributed by atoms with Gasteiger partial charge in [-0.15, -0.1) is 0 Å². The average Bonchev–Trinajstić information content (AvgIpc) is 2.27. The van der Waals surface area contributed by atoms with Gasteiger partial charge < -0.3 is 10.8 Å². The van der Waals surface area contributed by atoms with Crippen molar-refractivity contribution in [3.05, 3.63) is 35.4 Å². The van der Waals surface area contributed by atoms with E-state index in [1.807, 2.05) is 6.07 Å². The summed E-state index contributed by atoms with van der Waals surface area (Å²) in [5, 5.41) is 18.7. The van der Waals surface area contributed by atoms with Gasteiger partial charge in [-0.05, 0) is 30.0 Å². The van der Waals surface area contributed by atoms with E-state index in [4.69, 9.17) is 11.0 Å². The Labute approximate surface area is 96.5 Å². The van der Waals surface area contributed by atoms with Crippen LogP contribution in [-0.4, -0.2) is 11.1 Å². The van der Waals surface area contributed by atoms with E-state index in [9.17, 15) is 5.11 Å². The van der Waals surface area contributed by atoms with Gasteiger partial charge in [0.2, 0.25) is 0 Å². The summed E-state index contributed by atoms with van der Waals surface area (Å²) in [6.45, 7) is 4.15. The zero-order chi connectivity index (χ0) is 12.1. The van der Waals surface area contributed by atoms with E-state index in [1.165, 1.54) is 0 Å². The minimum atomic E-state index is -0.657. The van der Waals surface area contributed by atoms with E-state index in [2.05, 4.69) is 13.8 Å². The van der Waals surface area contributed by atoms with Gasteiger partial charge in [-0.3, -0.25) is 0 Å². The molecule has 1 rings (SSSR count). The molecule has 3 heteroatoms. The number of hydrogen-bond acceptors (Lipinski definition) is 3. The molecule has 2 atom stereocenters. The summed E-state index contributed by atoms with van der Waals surface area (Å²) in [6, 6.07) is 8.68. The lowest BCUT2D eigenvalue weighted by molar-refractivity contribution is 0.136. The van der Waals surface area contributed by atoms with Crippen LogP contribution in [-0.2, 0) is 0 Å². The van der Waals surface area contributed by atoms with Gasteiger partial charge in [-0.2, -0.15) is 5.26 Å². The molecule has 0 aliphatic heterocycles. The number of nitrogens with two attached hydrogens (primary N) is 1. The normalized spacial score (nSPS) is 14.5. The molecule has 0 aromatic heterocycles. The van der Waals surface area contributed by atoms with Crippen LogP contribution in [0, 0.1) is 17.2 Å². The molecule has 0 fully saturated rings. The molecular weight excluding hydrogens is 200 g/mol. The van der Waals surface area contributed by atoms with Gasteiger partial charge in [0.05, 0.1) is 17.7 Å². The quantitative estimate of drug-likeness (QED) is 0.811. The molecule has 0 heterocycles. The molecule has 16 heavy (non-hydrogen) atoms. The van der Waals surface area contributed by atoms with Gasteiger partial charge in [0, 0.05) is 6.04 Å². The van der Waals surface area contributed by atoms with Crippen molar-refractivity contribution in [2.45, 2.75) is 32.4 Å². The van der Waals surface area contributed by atoms with Crippen LogP contribution >= 0.6 is 0 Å². The zero-order valence-electron chi connectivity index (χ0n) is 9.72. The van der Waals surface area contributed by atoms with E-state index in [0.29, 0.717) is 11.5 Å². The molecule has 0 aliphatic rings. The van der Waals surface area contributed by atoms with Crippen LogP contribution in [0.5, 0.6) is 0 Å². The summed E-state index contributed by atoms with van der Waals surface area (Å²) in [7, 11) is 0. The smallest absolute Gasteiger partial charge is 0.0991 e. The predicted molar refractivity (Wildman–Crippen MR) is 63.5 cm³/mol. The molecule has 0 radical (unpaired) electrons. The highest BCUT2D eigenvalue weighted by molar-refractivity contribution is 5.32. The largest absolute Gasteiger partial charge is 0.387 e. The number of aliphatic hydroxyl groups excluding tert-OH is 1. The van der Waals surface area contributed by atoms with Crippen LogP contribution in [0.25, 0.3) is 0 Å². The highest BCUT2D eigenvalue weighted by Crippen LogP contribution is 2.20. The van der Waals surface area contributed by atoms with Crippen molar-refractivity contribution in [3.63, 3.8) is 0 Å². The number of rotatable bonds is 4. The Kier molecular flexibility index (Phi) is 4.48. The highest BCUT2D eigenvalue weighted by Gasteiger charge is 2.17. The fourth-order valence-corrected chi connectivity index (χ4v) is 1.68. The summed E-state index contributed by atoms with van der Waals surface area (Å²) in [5.41, 5.74) is 7.27. The predicted octanol–water partition coefficient (Wildman–Crippen LogP) is 1.97. The van der Waals surface area contributed by atoms with E-state index < -0.39 is 6.10 Å².